The van der Waals surface area contributed by atoms with Gasteiger partial charge < -0.3 is 4.52 Å². The molecule has 0 aliphatic heterocycles. The molecule has 0 amide bonds. The summed E-state index contributed by atoms with van der Waals surface area (Å²) in [6.07, 6.45) is 0. The maximum atomic E-state index is 14.0. The number of halogens is 2. The number of aromatic amines is 1. The van der Waals surface area contributed by atoms with Gasteiger partial charge in [-0.05, 0) is 12.1 Å². The number of hydrogen-bond donors (Lipinski definition) is 3. The van der Waals surface area contributed by atoms with Crippen LogP contribution >= 0.6 is 0 Å². The maximum Gasteiger partial charge on any atom is 0.280 e. The Labute approximate surface area is 120 Å². The van der Waals surface area contributed by atoms with Crippen molar-refractivity contribution in [2.75, 3.05) is 0 Å². The van der Waals surface area contributed by atoms with Crippen molar-refractivity contribution in [1.29, 1.82) is 0 Å². The number of benzene rings is 1. The van der Waals surface area contributed by atoms with Crippen molar-refractivity contribution < 1.29 is 22.1 Å². The largest absolute Gasteiger partial charge is 0.383 e. The third-order valence-corrected chi connectivity index (χ3v) is 3.38. The third kappa shape index (κ3) is 3.63. The predicted molar refractivity (Wildman–Crippen MR) is 70.8 cm³/mol. The average Bonchev–Trinajstić information content (AvgIpc) is 2.85. The summed E-state index contributed by atoms with van der Waals surface area (Å²) in [5.41, 5.74) is -0.533. The summed E-state index contributed by atoms with van der Waals surface area (Å²) in [6, 6.07) is 3.07. The normalized spacial score (nSPS) is 14.1. The van der Waals surface area contributed by atoms with Crippen LogP contribution in [0.4, 0.5) is 8.78 Å². The number of H-pyrrole nitrogens is 1. The van der Waals surface area contributed by atoms with E-state index in [1.165, 1.54) is 0 Å². The highest BCUT2D eigenvalue weighted by Crippen LogP contribution is 2.27. The lowest BCUT2D eigenvalue weighted by Crippen LogP contribution is -2.17. The van der Waals surface area contributed by atoms with Crippen molar-refractivity contribution in [1.82, 2.24) is 9.88 Å². The molecule has 0 aliphatic rings. The molecule has 3 N–H and O–H groups in total. The third-order valence-electron chi connectivity index (χ3n) is 2.99. The molecule has 114 valence electrons. The highest BCUT2D eigenvalue weighted by molar-refractivity contribution is 7.77. The van der Waals surface area contributed by atoms with Crippen LogP contribution in [0.25, 0.3) is 0 Å². The van der Waals surface area contributed by atoms with E-state index in [9.17, 15) is 17.8 Å². The molecule has 1 heterocycles. The van der Waals surface area contributed by atoms with Gasteiger partial charge in [-0.1, -0.05) is 6.92 Å². The second-order valence-electron chi connectivity index (χ2n) is 4.37. The Morgan fingerprint density at radius 1 is 1.38 bits per heavy atom. The summed E-state index contributed by atoms with van der Waals surface area (Å²) >= 11 is -2.31. The smallest absolute Gasteiger partial charge is 0.280 e. The van der Waals surface area contributed by atoms with E-state index >= 15 is 0 Å². The molecule has 0 saturated carbocycles. The average molecular weight is 318 g/mol. The van der Waals surface area contributed by atoms with Gasteiger partial charge in [0.15, 0.2) is 0 Å². The van der Waals surface area contributed by atoms with Crippen LogP contribution < -0.4 is 10.3 Å². The second-order valence-corrected chi connectivity index (χ2v) is 5.16. The van der Waals surface area contributed by atoms with Crippen molar-refractivity contribution in [3.8, 4) is 0 Å². The first-order valence-corrected chi connectivity index (χ1v) is 6.99. The molecule has 2 rings (SSSR count). The van der Waals surface area contributed by atoms with Crippen molar-refractivity contribution in [2.45, 2.75) is 19.4 Å². The summed E-state index contributed by atoms with van der Waals surface area (Å²) < 4.78 is 53.9. The van der Waals surface area contributed by atoms with Gasteiger partial charge >= 0.3 is 0 Å². The van der Waals surface area contributed by atoms with E-state index in [4.69, 9.17) is 9.08 Å². The summed E-state index contributed by atoms with van der Waals surface area (Å²) in [4.78, 5) is 11.0. The highest BCUT2D eigenvalue weighted by Gasteiger charge is 2.19. The maximum absolute atomic E-state index is 14.0. The van der Waals surface area contributed by atoms with Gasteiger partial charge in [0.2, 0.25) is 11.3 Å². The summed E-state index contributed by atoms with van der Waals surface area (Å²) in [5, 5.41) is 2.08. The van der Waals surface area contributed by atoms with Gasteiger partial charge in [0.1, 0.15) is 17.4 Å². The molecular formula is C12H12F2N2O4S. The van der Waals surface area contributed by atoms with Crippen LogP contribution in [0.1, 0.15) is 29.7 Å². The Morgan fingerprint density at radius 2 is 2.10 bits per heavy atom. The molecule has 0 fully saturated rings. The van der Waals surface area contributed by atoms with Crippen LogP contribution in [0.15, 0.2) is 27.5 Å². The predicted octanol–water partition coefficient (Wildman–Crippen LogP) is 1.62. The number of rotatable bonds is 5. The molecule has 6 nitrogen and oxygen atoms in total. The van der Waals surface area contributed by atoms with E-state index in [0.717, 1.165) is 18.2 Å². The van der Waals surface area contributed by atoms with Crippen LogP contribution in [0, 0.1) is 11.6 Å². The summed E-state index contributed by atoms with van der Waals surface area (Å²) in [5.74, 6) is -1.91. The van der Waals surface area contributed by atoms with E-state index in [-0.39, 0.29) is 23.4 Å². The minimum absolute atomic E-state index is 0.0177. The Kier molecular flexibility index (Phi) is 4.66. The fraction of sp³-hybridized carbons (Fsp3) is 0.250. The summed E-state index contributed by atoms with van der Waals surface area (Å²) in [7, 11) is 0. The van der Waals surface area contributed by atoms with Gasteiger partial charge in [-0.25, -0.2) is 17.7 Å². The van der Waals surface area contributed by atoms with Gasteiger partial charge in [0, 0.05) is 29.7 Å². The molecule has 9 heteroatoms. The summed E-state index contributed by atoms with van der Waals surface area (Å²) in [6.45, 7) is 1.27. The van der Waals surface area contributed by atoms with E-state index in [2.05, 4.69) is 9.88 Å². The number of hydrogen-bond acceptors (Lipinski definition) is 3. The lowest BCUT2D eigenvalue weighted by atomic mass is 9.96. The Morgan fingerprint density at radius 3 is 2.67 bits per heavy atom. The molecule has 21 heavy (non-hydrogen) atoms. The Balaban J connectivity index is 2.31. The fourth-order valence-corrected chi connectivity index (χ4v) is 2.15. The lowest BCUT2D eigenvalue weighted by molar-refractivity contribution is 0.369. The molecule has 2 atom stereocenters. The Hall–Kier alpha value is -1.84. The topological polar surface area (TPSA) is 95.3 Å². The van der Waals surface area contributed by atoms with E-state index in [1.54, 1.807) is 6.92 Å². The molecule has 2 unspecified atom stereocenters. The van der Waals surface area contributed by atoms with Crippen LogP contribution in [0.3, 0.4) is 0 Å². The monoisotopic (exact) mass is 318 g/mol. The molecule has 0 saturated heterocycles. The molecule has 0 spiro atoms. The Bertz CT molecular complexity index is 728. The van der Waals surface area contributed by atoms with Gasteiger partial charge in [0.05, 0.1) is 0 Å². The van der Waals surface area contributed by atoms with E-state index in [1.807, 2.05) is 0 Å². The first-order chi connectivity index (χ1) is 9.88. The molecular weight excluding hydrogens is 306 g/mol. The van der Waals surface area contributed by atoms with E-state index < -0.39 is 34.4 Å². The van der Waals surface area contributed by atoms with Gasteiger partial charge in [0.25, 0.3) is 5.56 Å². The molecule has 0 radical (unpaired) electrons. The fourth-order valence-electron chi connectivity index (χ4n) is 1.87. The molecule has 1 aromatic carbocycles. The van der Waals surface area contributed by atoms with Crippen molar-refractivity contribution in [3.63, 3.8) is 0 Å². The quantitative estimate of drug-likeness (QED) is 0.730. The zero-order chi connectivity index (χ0) is 15.6. The first-order valence-electron chi connectivity index (χ1n) is 5.89. The zero-order valence-electron chi connectivity index (χ0n) is 10.9. The first kappa shape index (κ1) is 15.5. The SMILES string of the molecule is CC(c1cc(=O)[nH]o1)c1cc(F)c(CNS(=O)O)cc1F. The van der Waals surface area contributed by atoms with Crippen molar-refractivity contribution in [2.24, 2.45) is 0 Å². The minimum atomic E-state index is -2.31. The minimum Gasteiger partial charge on any atom is -0.383 e. The zero-order valence-corrected chi connectivity index (χ0v) is 11.7. The molecule has 1 aromatic heterocycles. The van der Waals surface area contributed by atoms with Crippen molar-refractivity contribution >= 4 is 11.3 Å². The van der Waals surface area contributed by atoms with Gasteiger partial charge in [-0.2, -0.15) is 5.16 Å². The highest BCUT2D eigenvalue weighted by atomic mass is 32.2. The molecule has 0 bridgehead atoms. The van der Waals surface area contributed by atoms with Crippen molar-refractivity contribution in [3.05, 3.63) is 57.1 Å². The van der Waals surface area contributed by atoms with E-state index in [0.29, 0.717) is 0 Å². The van der Waals surface area contributed by atoms with Gasteiger partial charge in [-0.3, -0.25) is 9.35 Å². The van der Waals surface area contributed by atoms with Crippen LogP contribution in [-0.2, 0) is 17.8 Å². The van der Waals surface area contributed by atoms with Crippen LogP contribution in [-0.4, -0.2) is 13.9 Å². The lowest BCUT2D eigenvalue weighted by Gasteiger charge is -2.12. The molecule has 2 aromatic rings. The van der Waals surface area contributed by atoms with Gasteiger partial charge in [-0.15, -0.1) is 0 Å². The second kappa shape index (κ2) is 6.29. The van der Waals surface area contributed by atoms with Crippen LogP contribution in [0.2, 0.25) is 0 Å². The standard InChI is InChI=1S/C12H12F2N2O4S/c1-6(11-4-12(17)16-20-11)8-3-9(13)7(2-10(8)14)5-15-21(18)19/h2-4,6,15H,5H2,1H3,(H,16,17)(H,18,19). The van der Waals surface area contributed by atoms with Crippen LogP contribution in [0.5, 0.6) is 0 Å². The number of aromatic nitrogens is 1. The molecule has 0 aliphatic carbocycles. The number of nitrogens with one attached hydrogen (secondary N) is 2.